The maximum atomic E-state index is 14.0. The van der Waals surface area contributed by atoms with Gasteiger partial charge in [0.1, 0.15) is 0 Å². The fraction of sp³-hybridized carbons (Fsp3) is 0. The van der Waals surface area contributed by atoms with Gasteiger partial charge in [0.05, 0.1) is 4.92 Å². The summed E-state index contributed by atoms with van der Waals surface area (Å²) in [6.07, 6.45) is 0. The summed E-state index contributed by atoms with van der Waals surface area (Å²) >= 11 is 0. The largest absolute Gasteiger partial charge is 0.271 e. The average molecular weight is 325 g/mol. The molecule has 0 aliphatic heterocycles. The number of benzene rings is 3. The van der Waals surface area contributed by atoms with Crippen molar-refractivity contribution in [1.29, 1.82) is 0 Å². The maximum Gasteiger partial charge on any atom is 0.270 e. The van der Waals surface area contributed by atoms with Crippen LogP contribution in [0, 0.1) is 10.1 Å². The van der Waals surface area contributed by atoms with Gasteiger partial charge in [0, 0.05) is 26.8 Å². The second-order valence-electron chi connectivity index (χ2n) is 5.06. The normalized spacial score (nSPS) is 11.8. The van der Waals surface area contributed by atoms with Crippen molar-refractivity contribution in [2.45, 2.75) is 14.7 Å². The van der Waals surface area contributed by atoms with E-state index in [0.717, 1.165) is 0 Å². The van der Waals surface area contributed by atoms with Crippen LogP contribution in [0.15, 0.2) is 99.6 Å². The van der Waals surface area contributed by atoms with Gasteiger partial charge in [-0.25, -0.2) is 0 Å². The zero-order valence-corrected chi connectivity index (χ0v) is 13.1. The minimum Gasteiger partial charge on any atom is -0.271 e. The number of thiol groups is 1. The van der Waals surface area contributed by atoms with E-state index in [1.54, 1.807) is 36.4 Å². The minimum atomic E-state index is -3.15. The van der Waals surface area contributed by atoms with Crippen molar-refractivity contribution in [3.8, 4) is 0 Å². The van der Waals surface area contributed by atoms with E-state index < -0.39 is 14.9 Å². The van der Waals surface area contributed by atoms with Crippen LogP contribution in [0.1, 0.15) is 0 Å². The third-order valence-corrected chi connectivity index (χ3v) is 6.70. The Morgan fingerprint density at radius 2 is 1.17 bits per heavy atom. The number of hydrogen-bond donors (Lipinski definition) is 1. The third-order valence-electron chi connectivity index (χ3n) is 3.64. The number of non-ortho nitro benzene ring substituents is 1. The van der Waals surface area contributed by atoms with E-state index in [1.165, 1.54) is 12.1 Å². The Hall–Kier alpha value is -2.79. The minimum absolute atomic E-state index is 0.0606. The van der Waals surface area contributed by atoms with Gasteiger partial charge in [-0.05, 0) is 40.3 Å². The lowest BCUT2D eigenvalue weighted by atomic mass is 10.3. The SMILES string of the molecule is O=[N+]([O-])c1cccc([SH](=O)(c2ccccc2)c2ccccc2)c1. The third kappa shape index (κ3) is 2.78. The highest BCUT2D eigenvalue weighted by Gasteiger charge is 2.24. The van der Waals surface area contributed by atoms with Crippen molar-refractivity contribution in [2.24, 2.45) is 0 Å². The van der Waals surface area contributed by atoms with Gasteiger partial charge < -0.3 is 0 Å². The summed E-state index contributed by atoms with van der Waals surface area (Å²) in [5.74, 6) is 0. The van der Waals surface area contributed by atoms with Gasteiger partial charge in [-0.2, -0.15) is 0 Å². The molecule has 0 aromatic heterocycles. The van der Waals surface area contributed by atoms with Crippen molar-refractivity contribution in [3.05, 3.63) is 95.0 Å². The molecule has 3 rings (SSSR count). The molecular formula is C18H15NO3S. The topological polar surface area (TPSA) is 60.2 Å². The fourth-order valence-electron chi connectivity index (χ4n) is 2.53. The van der Waals surface area contributed by atoms with E-state index in [-0.39, 0.29) is 5.69 Å². The number of nitrogens with zero attached hydrogens (tertiary/aromatic N) is 1. The molecule has 0 amide bonds. The van der Waals surface area contributed by atoms with Crippen LogP contribution in [0.3, 0.4) is 0 Å². The highest BCUT2D eigenvalue weighted by atomic mass is 32.2. The average Bonchev–Trinajstić information content (AvgIpc) is 2.62. The molecule has 0 aliphatic rings. The van der Waals surface area contributed by atoms with Gasteiger partial charge in [-0.3, -0.25) is 14.3 Å². The predicted octanol–water partition coefficient (Wildman–Crippen LogP) is 4.09. The molecule has 0 spiro atoms. The molecule has 3 aromatic carbocycles. The summed E-state index contributed by atoms with van der Waals surface area (Å²) in [5, 5.41) is 11.1. The fourth-order valence-corrected chi connectivity index (χ4v) is 5.21. The Morgan fingerprint density at radius 3 is 1.65 bits per heavy atom. The predicted molar refractivity (Wildman–Crippen MR) is 90.3 cm³/mol. The molecule has 4 nitrogen and oxygen atoms in total. The van der Waals surface area contributed by atoms with E-state index in [2.05, 4.69) is 0 Å². The van der Waals surface area contributed by atoms with Crippen LogP contribution < -0.4 is 0 Å². The Kier molecular flexibility index (Phi) is 4.04. The lowest BCUT2D eigenvalue weighted by molar-refractivity contribution is -0.385. The molecule has 0 saturated carbocycles. The Balaban J connectivity index is 2.28. The molecule has 116 valence electrons. The van der Waals surface area contributed by atoms with Crippen molar-refractivity contribution < 1.29 is 9.13 Å². The van der Waals surface area contributed by atoms with Crippen molar-refractivity contribution in [2.75, 3.05) is 0 Å². The van der Waals surface area contributed by atoms with Crippen LogP contribution in [-0.2, 0) is 9.93 Å². The number of nitro benzene ring substituents is 1. The quantitative estimate of drug-likeness (QED) is 0.446. The number of nitro groups is 1. The van der Waals surface area contributed by atoms with Gasteiger partial charge in [0.2, 0.25) is 0 Å². The first-order valence-electron chi connectivity index (χ1n) is 7.08. The summed E-state index contributed by atoms with van der Waals surface area (Å²) in [5.41, 5.74) is -0.0606. The Morgan fingerprint density at radius 1 is 0.696 bits per heavy atom. The molecule has 23 heavy (non-hydrogen) atoms. The van der Waals surface area contributed by atoms with Gasteiger partial charge in [0.25, 0.3) is 5.69 Å². The van der Waals surface area contributed by atoms with Gasteiger partial charge in [0.15, 0.2) is 0 Å². The van der Waals surface area contributed by atoms with Gasteiger partial charge >= 0.3 is 0 Å². The number of hydrogen-bond acceptors (Lipinski definition) is 3. The Bertz CT molecular complexity index is 836. The van der Waals surface area contributed by atoms with Crippen LogP contribution in [0.25, 0.3) is 0 Å². The van der Waals surface area contributed by atoms with Crippen LogP contribution in [0.5, 0.6) is 0 Å². The molecule has 0 radical (unpaired) electrons. The molecule has 0 unspecified atom stereocenters. The molecule has 0 N–H and O–H groups in total. The monoisotopic (exact) mass is 325 g/mol. The molecule has 0 saturated heterocycles. The molecule has 3 aromatic rings. The zero-order chi connectivity index (χ0) is 16.3. The lowest BCUT2D eigenvalue weighted by Crippen LogP contribution is -2.14. The second-order valence-corrected chi connectivity index (χ2v) is 7.83. The molecule has 0 atom stereocenters. The molecule has 0 aliphatic carbocycles. The van der Waals surface area contributed by atoms with E-state index in [0.29, 0.717) is 14.7 Å². The zero-order valence-electron chi connectivity index (χ0n) is 12.2. The summed E-state index contributed by atoms with van der Waals surface area (Å²) in [7, 11) is -3.15. The van der Waals surface area contributed by atoms with Crippen LogP contribution >= 0.6 is 0 Å². The standard InChI is InChI=1S/C18H15NO3S/c20-19(21)15-8-7-13-18(14-15)23(22,16-9-3-1-4-10-16)17-11-5-2-6-12-17/h1-14,23H. The van der Waals surface area contributed by atoms with Crippen LogP contribution in [0.2, 0.25) is 0 Å². The molecular weight excluding hydrogens is 310 g/mol. The van der Waals surface area contributed by atoms with E-state index in [9.17, 15) is 14.3 Å². The first-order valence-corrected chi connectivity index (χ1v) is 8.79. The van der Waals surface area contributed by atoms with Gasteiger partial charge in [-0.15, -0.1) is 0 Å². The molecule has 5 heteroatoms. The Labute approximate surface area is 135 Å². The van der Waals surface area contributed by atoms with E-state index in [4.69, 9.17) is 0 Å². The summed E-state index contributed by atoms with van der Waals surface area (Å²) < 4.78 is 14.0. The van der Waals surface area contributed by atoms with Crippen LogP contribution in [-0.4, -0.2) is 9.13 Å². The molecule has 0 heterocycles. The number of rotatable bonds is 4. The summed E-state index contributed by atoms with van der Waals surface area (Å²) in [4.78, 5) is 12.4. The summed E-state index contributed by atoms with van der Waals surface area (Å²) in [6, 6.07) is 24.3. The summed E-state index contributed by atoms with van der Waals surface area (Å²) in [6.45, 7) is 0. The van der Waals surface area contributed by atoms with E-state index >= 15 is 0 Å². The lowest BCUT2D eigenvalue weighted by Gasteiger charge is -2.25. The van der Waals surface area contributed by atoms with Gasteiger partial charge in [-0.1, -0.05) is 42.5 Å². The second kappa shape index (κ2) is 6.14. The van der Waals surface area contributed by atoms with Crippen LogP contribution in [0.4, 0.5) is 5.69 Å². The highest BCUT2D eigenvalue weighted by Crippen LogP contribution is 2.37. The highest BCUT2D eigenvalue weighted by molar-refractivity contribution is 8.03. The van der Waals surface area contributed by atoms with E-state index in [1.807, 2.05) is 36.4 Å². The molecule has 0 fully saturated rings. The first kappa shape index (κ1) is 15.1. The molecule has 0 bridgehead atoms. The van der Waals surface area contributed by atoms with Crippen molar-refractivity contribution in [1.82, 2.24) is 0 Å². The smallest absolute Gasteiger partial charge is 0.270 e. The maximum absolute atomic E-state index is 14.0. The van der Waals surface area contributed by atoms with Crippen molar-refractivity contribution in [3.63, 3.8) is 0 Å². The first-order chi connectivity index (χ1) is 11.1. The van der Waals surface area contributed by atoms with Crippen molar-refractivity contribution >= 4 is 15.6 Å².